The number of hydrogen-bond acceptors (Lipinski definition) is 3. The lowest BCUT2D eigenvalue weighted by atomic mass is 10.1. The molecule has 1 aromatic rings. The third-order valence-electron chi connectivity index (χ3n) is 5.54. The largest absolute Gasteiger partial charge is 0.372 e. The highest BCUT2D eigenvalue weighted by Gasteiger charge is 2.22. The molecule has 29 heavy (non-hydrogen) atoms. The van der Waals surface area contributed by atoms with Gasteiger partial charge in [-0.3, -0.25) is 9.79 Å². The van der Waals surface area contributed by atoms with Crippen molar-refractivity contribution in [2.45, 2.75) is 64.5 Å². The zero-order chi connectivity index (χ0) is 20.5. The Morgan fingerprint density at radius 1 is 1.17 bits per heavy atom. The maximum Gasteiger partial charge on any atom is 0.220 e. The summed E-state index contributed by atoms with van der Waals surface area (Å²) in [7, 11) is 2.07. The molecule has 0 spiro atoms. The van der Waals surface area contributed by atoms with Crippen LogP contribution >= 0.6 is 0 Å². The molecule has 160 valence electrons. The minimum atomic E-state index is 0.162. The molecule has 1 saturated carbocycles. The van der Waals surface area contributed by atoms with E-state index in [1.165, 1.54) is 43.6 Å². The van der Waals surface area contributed by atoms with E-state index in [0.29, 0.717) is 19.0 Å². The van der Waals surface area contributed by atoms with Crippen LogP contribution < -0.4 is 15.5 Å². The molecule has 0 atom stereocenters. The molecule has 0 bridgehead atoms. The van der Waals surface area contributed by atoms with Crippen molar-refractivity contribution in [3.8, 4) is 0 Å². The van der Waals surface area contributed by atoms with E-state index in [1.54, 1.807) is 0 Å². The number of aliphatic imine (C=N–C) groups is 1. The molecule has 0 unspecified atom stereocenters. The lowest BCUT2D eigenvalue weighted by Gasteiger charge is -2.29. The van der Waals surface area contributed by atoms with Crippen molar-refractivity contribution >= 4 is 17.6 Å². The van der Waals surface area contributed by atoms with Gasteiger partial charge < -0.3 is 20.4 Å². The fraction of sp³-hybridized carbons (Fsp3) is 0.652. The summed E-state index contributed by atoms with van der Waals surface area (Å²) in [6, 6.07) is 9.39. The molecule has 2 fully saturated rings. The van der Waals surface area contributed by atoms with Gasteiger partial charge in [0.15, 0.2) is 5.96 Å². The topological polar surface area (TPSA) is 60.0 Å². The zero-order valence-electron chi connectivity index (χ0n) is 18.1. The fourth-order valence-corrected chi connectivity index (χ4v) is 3.73. The maximum atomic E-state index is 11.8. The molecule has 6 nitrogen and oxygen atoms in total. The van der Waals surface area contributed by atoms with Crippen LogP contribution in [0.2, 0.25) is 0 Å². The molecular formula is C23H37N5O. The zero-order valence-corrected chi connectivity index (χ0v) is 18.1. The van der Waals surface area contributed by atoms with Crippen LogP contribution in [0.15, 0.2) is 29.3 Å². The van der Waals surface area contributed by atoms with Gasteiger partial charge in [0.25, 0.3) is 0 Å². The Kier molecular flexibility index (Phi) is 8.20. The highest BCUT2D eigenvalue weighted by atomic mass is 16.1. The van der Waals surface area contributed by atoms with Crippen LogP contribution in [0.25, 0.3) is 0 Å². The first kappa shape index (κ1) is 21.5. The van der Waals surface area contributed by atoms with Gasteiger partial charge in [0, 0.05) is 57.9 Å². The second kappa shape index (κ2) is 11.1. The number of amides is 1. The third kappa shape index (κ3) is 7.26. The van der Waals surface area contributed by atoms with E-state index in [1.807, 2.05) is 0 Å². The summed E-state index contributed by atoms with van der Waals surface area (Å²) >= 11 is 0. The highest BCUT2D eigenvalue weighted by Crippen LogP contribution is 2.21. The molecule has 1 amide bonds. The number of nitrogens with one attached hydrogen (secondary N) is 2. The number of benzene rings is 1. The first-order valence-electron chi connectivity index (χ1n) is 11.3. The van der Waals surface area contributed by atoms with Gasteiger partial charge in [0.2, 0.25) is 5.91 Å². The molecule has 3 rings (SSSR count). The molecular weight excluding hydrogens is 362 g/mol. The normalized spacial score (nSPS) is 17.2. The van der Waals surface area contributed by atoms with Crippen molar-refractivity contribution in [3.63, 3.8) is 0 Å². The molecule has 1 heterocycles. The molecule has 1 saturated heterocycles. The highest BCUT2D eigenvalue weighted by molar-refractivity contribution is 5.80. The maximum absolute atomic E-state index is 11.8. The van der Waals surface area contributed by atoms with E-state index in [4.69, 9.17) is 4.99 Å². The second-order valence-electron chi connectivity index (χ2n) is 8.25. The van der Waals surface area contributed by atoms with Crippen LogP contribution in [0.1, 0.15) is 57.4 Å². The van der Waals surface area contributed by atoms with Crippen molar-refractivity contribution in [1.82, 2.24) is 15.5 Å². The minimum Gasteiger partial charge on any atom is -0.372 e. The standard InChI is InChI=1S/C23H37N5O/c1-3-24-23(25-15-7-8-22(29)26-20-11-12-20)27(2)18-19-9-13-21(14-10-19)28-16-5-4-6-17-28/h9-10,13-14,20H,3-8,11-12,15-18H2,1-2H3,(H,24,25)(H,26,29). The van der Waals surface area contributed by atoms with Gasteiger partial charge >= 0.3 is 0 Å². The molecule has 1 aliphatic heterocycles. The van der Waals surface area contributed by atoms with E-state index in [-0.39, 0.29) is 5.91 Å². The molecule has 1 aliphatic carbocycles. The van der Waals surface area contributed by atoms with E-state index in [2.05, 4.69) is 58.7 Å². The quantitative estimate of drug-likeness (QED) is 0.380. The number of hydrogen-bond donors (Lipinski definition) is 2. The smallest absolute Gasteiger partial charge is 0.220 e. The Morgan fingerprint density at radius 2 is 1.90 bits per heavy atom. The summed E-state index contributed by atoms with van der Waals surface area (Å²) in [6.07, 6.45) is 7.57. The predicted molar refractivity (Wildman–Crippen MR) is 120 cm³/mol. The van der Waals surface area contributed by atoms with Crippen molar-refractivity contribution in [3.05, 3.63) is 29.8 Å². The monoisotopic (exact) mass is 399 g/mol. The van der Waals surface area contributed by atoms with E-state index >= 15 is 0 Å². The number of carbonyl (C=O) groups is 1. The summed E-state index contributed by atoms with van der Waals surface area (Å²) in [5.74, 6) is 1.06. The van der Waals surface area contributed by atoms with Crippen LogP contribution in [0.5, 0.6) is 0 Å². The third-order valence-corrected chi connectivity index (χ3v) is 5.54. The predicted octanol–water partition coefficient (Wildman–Crippen LogP) is 3.13. The Balaban J connectivity index is 1.47. The Bertz CT molecular complexity index is 662. The van der Waals surface area contributed by atoms with Crippen LogP contribution in [-0.4, -0.2) is 56.0 Å². The van der Waals surface area contributed by atoms with E-state index in [0.717, 1.165) is 38.3 Å². The summed E-state index contributed by atoms with van der Waals surface area (Å²) in [5.41, 5.74) is 2.61. The number of guanidine groups is 1. The first-order valence-corrected chi connectivity index (χ1v) is 11.3. The summed E-state index contributed by atoms with van der Waals surface area (Å²) in [5, 5.41) is 6.40. The molecule has 2 N–H and O–H groups in total. The van der Waals surface area contributed by atoms with E-state index < -0.39 is 0 Å². The van der Waals surface area contributed by atoms with Gasteiger partial charge in [-0.1, -0.05) is 12.1 Å². The van der Waals surface area contributed by atoms with Crippen molar-refractivity contribution in [2.75, 3.05) is 38.1 Å². The first-order chi connectivity index (χ1) is 14.2. The average molecular weight is 400 g/mol. The Labute approximate surface area is 175 Å². The molecule has 2 aliphatic rings. The van der Waals surface area contributed by atoms with Crippen LogP contribution in [-0.2, 0) is 11.3 Å². The van der Waals surface area contributed by atoms with Crippen molar-refractivity contribution < 1.29 is 4.79 Å². The SMILES string of the molecule is CCNC(=NCCCC(=O)NC1CC1)N(C)Cc1ccc(N2CCCCC2)cc1. The van der Waals surface area contributed by atoms with Crippen molar-refractivity contribution in [2.24, 2.45) is 4.99 Å². The lowest BCUT2D eigenvalue weighted by molar-refractivity contribution is -0.121. The van der Waals surface area contributed by atoms with Crippen molar-refractivity contribution in [1.29, 1.82) is 0 Å². The van der Waals surface area contributed by atoms with Gasteiger partial charge in [0.05, 0.1) is 0 Å². The van der Waals surface area contributed by atoms with Gasteiger partial charge in [-0.2, -0.15) is 0 Å². The molecule has 6 heteroatoms. The number of rotatable bonds is 9. The summed E-state index contributed by atoms with van der Waals surface area (Å²) < 4.78 is 0. The Morgan fingerprint density at radius 3 is 2.55 bits per heavy atom. The number of carbonyl (C=O) groups excluding carboxylic acids is 1. The van der Waals surface area contributed by atoms with Crippen LogP contribution in [0.4, 0.5) is 5.69 Å². The molecule has 1 aromatic carbocycles. The summed E-state index contributed by atoms with van der Waals surface area (Å²) in [6.45, 7) is 6.75. The second-order valence-corrected chi connectivity index (χ2v) is 8.25. The van der Waals surface area contributed by atoms with Crippen LogP contribution in [0, 0.1) is 0 Å². The van der Waals surface area contributed by atoms with Gasteiger partial charge in [-0.15, -0.1) is 0 Å². The van der Waals surface area contributed by atoms with Gasteiger partial charge in [0.1, 0.15) is 0 Å². The van der Waals surface area contributed by atoms with E-state index in [9.17, 15) is 4.79 Å². The lowest BCUT2D eigenvalue weighted by Crippen LogP contribution is -2.38. The van der Waals surface area contributed by atoms with Crippen LogP contribution in [0.3, 0.4) is 0 Å². The number of nitrogens with zero attached hydrogens (tertiary/aromatic N) is 3. The fourth-order valence-electron chi connectivity index (χ4n) is 3.73. The van der Waals surface area contributed by atoms with Gasteiger partial charge in [-0.25, -0.2) is 0 Å². The Hall–Kier alpha value is -2.24. The number of piperidine rings is 1. The minimum absolute atomic E-state index is 0.162. The average Bonchev–Trinajstić information content (AvgIpc) is 3.55. The number of anilines is 1. The molecule has 0 aromatic heterocycles. The molecule has 0 radical (unpaired) electrons. The van der Waals surface area contributed by atoms with Gasteiger partial charge in [-0.05, 0) is 63.1 Å². The summed E-state index contributed by atoms with van der Waals surface area (Å²) in [4.78, 5) is 21.1.